The average molecular weight is 326 g/mol. The standard InChI is InChI=1S/C13H12BrNO2S/c1-8-11(6-7-12(16)17)15-13(18-8)9-2-4-10(14)5-3-9/h2-5H,6-7H2,1H3,(H,16,17). The third kappa shape index (κ3) is 3.17. The lowest BCUT2D eigenvalue weighted by atomic mass is 10.2. The number of benzene rings is 1. The normalized spacial score (nSPS) is 10.6. The Bertz CT molecular complexity index is 563. The zero-order chi connectivity index (χ0) is 13.1. The summed E-state index contributed by atoms with van der Waals surface area (Å²) in [7, 11) is 0. The quantitative estimate of drug-likeness (QED) is 0.927. The maximum atomic E-state index is 10.6. The van der Waals surface area contributed by atoms with Crippen LogP contribution in [-0.2, 0) is 11.2 Å². The smallest absolute Gasteiger partial charge is 0.303 e. The summed E-state index contributed by atoms with van der Waals surface area (Å²) in [5.74, 6) is -0.785. The summed E-state index contributed by atoms with van der Waals surface area (Å²) >= 11 is 5.00. The monoisotopic (exact) mass is 325 g/mol. The molecular formula is C13H12BrNO2S. The molecular weight excluding hydrogens is 314 g/mol. The molecule has 0 radical (unpaired) electrons. The van der Waals surface area contributed by atoms with Gasteiger partial charge in [-0.05, 0) is 19.1 Å². The fourth-order valence-electron chi connectivity index (χ4n) is 1.60. The largest absolute Gasteiger partial charge is 0.481 e. The number of carboxylic acid groups (broad SMARTS) is 1. The Balaban J connectivity index is 2.22. The van der Waals surface area contributed by atoms with Crippen molar-refractivity contribution in [1.29, 1.82) is 0 Å². The van der Waals surface area contributed by atoms with Crippen molar-refractivity contribution in [2.75, 3.05) is 0 Å². The maximum absolute atomic E-state index is 10.6. The van der Waals surface area contributed by atoms with Gasteiger partial charge in [0.15, 0.2) is 0 Å². The molecule has 3 nitrogen and oxygen atoms in total. The van der Waals surface area contributed by atoms with Crippen molar-refractivity contribution in [3.05, 3.63) is 39.3 Å². The van der Waals surface area contributed by atoms with E-state index in [2.05, 4.69) is 20.9 Å². The molecule has 1 aromatic carbocycles. The Morgan fingerprint density at radius 2 is 2.06 bits per heavy atom. The molecule has 1 N–H and O–H groups in total. The van der Waals surface area contributed by atoms with E-state index in [1.165, 1.54) is 0 Å². The van der Waals surface area contributed by atoms with Gasteiger partial charge < -0.3 is 5.11 Å². The van der Waals surface area contributed by atoms with Crippen molar-refractivity contribution in [2.24, 2.45) is 0 Å². The minimum atomic E-state index is -0.785. The minimum absolute atomic E-state index is 0.129. The third-order valence-corrected chi connectivity index (χ3v) is 4.15. The fraction of sp³-hybridized carbons (Fsp3) is 0.231. The summed E-state index contributed by atoms with van der Waals surface area (Å²) in [5.41, 5.74) is 1.95. The Labute approximate surface area is 118 Å². The first kappa shape index (κ1) is 13.2. The van der Waals surface area contributed by atoms with Crippen LogP contribution < -0.4 is 0 Å². The number of carbonyl (C=O) groups is 1. The molecule has 0 aliphatic heterocycles. The van der Waals surface area contributed by atoms with Crippen molar-refractivity contribution in [3.63, 3.8) is 0 Å². The molecule has 0 unspecified atom stereocenters. The van der Waals surface area contributed by atoms with Crippen LogP contribution in [0.4, 0.5) is 0 Å². The van der Waals surface area contributed by atoms with Crippen LogP contribution in [0.1, 0.15) is 17.0 Å². The molecule has 94 valence electrons. The minimum Gasteiger partial charge on any atom is -0.481 e. The number of nitrogens with zero attached hydrogens (tertiary/aromatic N) is 1. The number of hydrogen-bond acceptors (Lipinski definition) is 3. The molecule has 0 fully saturated rings. The van der Waals surface area contributed by atoms with E-state index >= 15 is 0 Å². The molecule has 1 aromatic heterocycles. The van der Waals surface area contributed by atoms with Crippen LogP contribution in [0.2, 0.25) is 0 Å². The molecule has 0 bridgehead atoms. The lowest BCUT2D eigenvalue weighted by Crippen LogP contribution is -1.98. The summed E-state index contributed by atoms with van der Waals surface area (Å²) < 4.78 is 1.03. The van der Waals surface area contributed by atoms with E-state index in [0.717, 1.165) is 25.6 Å². The predicted molar refractivity (Wildman–Crippen MR) is 75.9 cm³/mol. The summed E-state index contributed by atoms with van der Waals surface area (Å²) in [5, 5.41) is 9.64. The number of aryl methyl sites for hydroxylation is 2. The van der Waals surface area contributed by atoms with Gasteiger partial charge in [-0.25, -0.2) is 4.98 Å². The molecule has 2 rings (SSSR count). The zero-order valence-electron chi connectivity index (χ0n) is 9.81. The molecule has 0 spiro atoms. The zero-order valence-corrected chi connectivity index (χ0v) is 12.2. The first-order valence-electron chi connectivity index (χ1n) is 5.50. The number of halogens is 1. The number of aromatic nitrogens is 1. The highest BCUT2D eigenvalue weighted by molar-refractivity contribution is 9.10. The van der Waals surface area contributed by atoms with Gasteiger partial charge in [0, 0.05) is 21.3 Å². The maximum Gasteiger partial charge on any atom is 0.303 e. The molecule has 1 heterocycles. The summed E-state index contributed by atoms with van der Waals surface area (Å²) in [4.78, 5) is 16.2. The van der Waals surface area contributed by atoms with Crippen LogP contribution in [0.5, 0.6) is 0 Å². The Morgan fingerprint density at radius 1 is 1.39 bits per heavy atom. The van der Waals surface area contributed by atoms with Crippen LogP contribution in [-0.4, -0.2) is 16.1 Å². The number of rotatable bonds is 4. The van der Waals surface area contributed by atoms with Crippen molar-refractivity contribution in [3.8, 4) is 10.6 Å². The van der Waals surface area contributed by atoms with Crippen LogP contribution in [0.15, 0.2) is 28.7 Å². The highest BCUT2D eigenvalue weighted by Gasteiger charge is 2.10. The van der Waals surface area contributed by atoms with E-state index in [-0.39, 0.29) is 6.42 Å². The molecule has 0 aliphatic rings. The first-order valence-corrected chi connectivity index (χ1v) is 7.11. The number of hydrogen-bond donors (Lipinski definition) is 1. The van der Waals surface area contributed by atoms with E-state index < -0.39 is 5.97 Å². The fourth-order valence-corrected chi connectivity index (χ4v) is 2.83. The summed E-state index contributed by atoms with van der Waals surface area (Å²) in [6.45, 7) is 1.98. The van der Waals surface area contributed by atoms with E-state index in [1.807, 2.05) is 31.2 Å². The number of carboxylic acids is 1. The average Bonchev–Trinajstić information content (AvgIpc) is 2.69. The van der Waals surface area contributed by atoms with Crippen LogP contribution in [0, 0.1) is 6.92 Å². The first-order chi connectivity index (χ1) is 8.56. The Kier molecular flexibility index (Phi) is 4.14. The summed E-state index contributed by atoms with van der Waals surface area (Å²) in [6.07, 6.45) is 0.624. The van der Waals surface area contributed by atoms with Crippen molar-refractivity contribution >= 4 is 33.2 Å². The second kappa shape index (κ2) is 5.63. The molecule has 2 aromatic rings. The molecule has 0 aliphatic carbocycles. The topological polar surface area (TPSA) is 50.2 Å². The van der Waals surface area contributed by atoms with Gasteiger partial charge in [0.1, 0.15) is 5.01 Å². The van der Waals surface area contributed by atoms with Gasteiger partial charge in [-0.3, -0.25) is 4.79 Å². The molecule has 5 heteroatoms. The van der Waals surface area contributed by atoms with Gasteiger partial charge >= 0.3 is 5.97 Å². The SMILES string of the molecule is Cc1sc(-c2ccc(Br)cc2)nc1CCC(=O)O. The highest BCUT2D eigenvalue weighted by atomic mass is 79.9. The number of aliphatic carboxylic acids is 1. The molecule has 0 amide bonds. The highest BCUT2D eigenvalue weighted by Crippen LogP contribution is 2.29. The third-order valence-electron chi connectivity index (χ3n) is 2.56. The summed E-state index contributed by atoms with van der Waals surface area (Å²) in [6, 6.07) is 7.96. The van der Waals surface area contributed by atoms with Gasteiger partial charge in [-0.15, -0.1) is 11.3 Å². The van der Waals surface area contributed by atoms with Crippen LogP contribution in [0.3, 0.4) is 0 Å². The van der Waals surface area contributed by atoms with Crippen molar-refractivity contribution in [2.45, 2.75) is 19.8 Å². The van der Waals surface area contributed by atoms with Crippen molar-refractivity contribution in [1.82, 2.24) is 4.98 Å². The van der Waals surface area contributed by atoms with E-state index in [1.54, 1.807) is 11.3 Å². The second-order valence-corrected chi connectivity index (χ2v) is 6.04. The Morgan fingerprint density at radius 3 is 2.67 bits per heavy atom. The molecule has 18 heavy (non-hydrogen) atoms. The Hall–Kier alpha value is -1.20. The number of thiazole rings is 1. The van der Waals surface area contributed by atoms with Gasteiger partial charge in [0.25, 0.3) is 0 Å². The van der Waals surface area contributed by atoms with Gasteiger partial charge in [0.2, 0.25) is 0 Å². The van der Waals surface area contributed by atoms with Crippen LogP contribution >= 0.6 is 27.3 Å². The molecule has 0 saturated heterocycles. The second-order valence-electron chi connectivity index (χ2n) is 3.92. The van der Waals surface area contributed by atoms with Gasteiger partial charge in [-0.1, -0.05) is 28.1 Å². The van der Waals surface area contributed by atoms with E-state index in [4.69, 9.17) is 5.11 Å². The lowest BCUT2D eigenvalue weighted by Gasteiger charge is -1.96. The molecule has 0 atom stereocenters. The van der Waals surface area contributed by atoms with E-state index in [0.29, 0.717) is 6.42 Å². The van der Waals surface area contributed by atoms with Gasteiger partial charge in [-0.2, -0.15) is 0 Å². The van der Waals surface area contributed by atoms with Gasteiger partial charge in [0.05, 0.1) is 12.1 Å². The van der Waals surface area contributed by atoms with Crippen molar-refractivity contribution < 1.29 is 9.90 Å². The molecule has 0 saturated carbocycles. The lowest BCUT2D eigenvalue weighted by molar-refractivity contribution is -0.136. The predicted octanol–water partition coefficient (Wildman–Crippen LogP) is 3.90. The van der Waals surface area contributed by atoms with Crippen LogP contribution in [0.25, 0.3) is 10.6 Å². The van der Waals surface area contributed by atoms with E-state index in [9.17, 15) is 4.79 Å².